The molecule has 3 nitrogen and oxygen atoms in total. The molecule has 92 valence electrons. The molecule has 4 heteroatoms. The second kappa shape index (κ2) is 8.98. The number of nitrogens with two attached hydrogens (primary N) is 1. The molecule has 3 N–H and O–H groups in total. The van der Waals surface area contributed by atoms with Crippen LogP contribution in [-0.2, 0) is 4.79 Å². The Bertz CT molecular complexity index is 170. The molecule has 0 bridgehead atoms. The second-order valence-corrected chi connectivity index (χ2v) is 4.26. The summed E-state index contributed by atoms with van der Waals surface area (Å²) in [7, 11) is 0. The Morgan fingerprint density at radius 1 is 1.27 bits per heavy atom. The third kappa shape index (κ3) is 7.63. The van der Waals surface area contributed by atoms with Crippen LogP contribution in [0.15, 0.2) is 0 Å². The van der Waals surface area contributed by atoms with Gasteiger partial charge < -0.3 is 11.1 Å². The minimum absolute atomic E-state index is 0. The summed E-state index contributed by atoms with van der Waals surface area (Å²) in [5, 5.41) is 2.96. The summed E-state index contributed by atoms with van der Waals surface area (Å²) >= 11 is 0. The van der Waals surface area contributed by atoms with Gasteiger partial charge in [-0.25, -0.2) is 0 Å². The van der Waals surface area contributed by atoms with Crippen molar-refractivity contribution in [2.24, 2.45) is 11.7 Å². The number of carbonyl (C=O) groups excluding carboxylic acids is 1. The van der Waals surface area contributed by atoms with Crippen LogP contribution in [-0.4, -0.2) is 18.0 Å². The zero-order valence-electron chi connectivity index (χ0n) is 10.2. The maximum Gasteiger partial charge on any atom is 0.237 e. The van der Waals surface area contributed by atoms with Crippen LogP contribution in [0.2, 0.25) is 0 Å². The Hall–Kier alpha value is -0.280. The van der Waals surface area contributed by atoms with Crippen molar-refractivity contribution in [1.82, 2.24) is 5.32 Å². The molecule has 0 aromatic carbocycles. The van der Waals surface area contributed by atoms with E-state index in [1.807, 2.05) is 0 Å². The summed E-state index contributed by atoms with van der Waals surface area (Å²) in [6.07, 6.45) is 2.69. The highest BCUT2D eigenvalue weighted by molar-refractivity contribution is 5.85. The van der Waals surface area contributed by atoms with Crippen LogP contribution in [0, 0.1) is 5.92 Å². The lowest BCUT2D eigenvalue weighted by Gasteiger charge is -2.19. The van der Waals surface area contributed by atoms with Crippen molar-refractivity contribution in [3.05, 3.63) is 0 Å². The molecule has 0 aromatic heterocycles. The fourth-order valence-electron chi connectivity index (χ4n) is 1.42. The van der Waals surface area contributed by atoms with E-state index >= 15 is 0 Å². The van der Waals surface area contributed by atoms with E-state index in [1.165, 1.54) is 0 Å². The fraction of sp³-hybridized carbons (Fsp3) is 0.909. The van der Waals surface area contributed by atoms with E-state index in [-0.39, 0.29) is 30.4 Å². The Kier molecular flexibility index (Phi) is 10.3. The molecule has 0 unspecified atom stereocenters. The van der Waals surface area contributed by atoms with E-state index in [0.717, 1.165) is 19.3 Å². The molecule has 0 aliphatic heterocycles. The van der Waals surface area contributed by atoms with Crippen LogP contribution in [0.3, 0.4) is 0 Å². The predicted molar refractivity (Wildman–Crippen MR) is 67.2 cm³/mol. The largest absolute Gasteiger partial charge is 0.352 e. The van der Waals surface area contributed by atoms with Gasteiger partial charge >= 0.3 is 0 Å². The Labute approximate surface area is 99.6 Å². The molecule has 0 heterocycles. The van der Waals surface area contributed by atoms with Crippen LogP contribution in [0.4, 0.5) is 0 Å². The summed E-state index contributed by atoms with van der Waals surface area (Å²) in [6, 6.07) is -0.0729. The van der Waals surface area contributed by atoms with Gasteiger partial charge in [0.05, 0.1) is 6.04 Å². The Morgan fingerprint density at radius 3 is 2.07 bits per heavy atom. The molecule has 0 aromatic rings. The van der Waals surface area contributed by atoms with Gasteiger partial charge in [-0.3, -0.25) is 4.79 Å². The smallest absolute Gasteiger partial charge is 0.237 e. The van der Waals surface area contributed by atoms with E-state index < -0.39 is 0 Å². The summed E-state index contributed by atoms with van der Waals surface area (Å²) in [6.45, 7) is 8.29. The highest BCUT2D eigenvalue weighted by Gasteiger charge is 2.16. The van der Waals surface area contributed by atoms with Gasteiger partial charge in [0.15, 0.2) is 0 Å². The molecule has 0 rings (SSSR count). The number of rotatable bonds is 6. The minimum atomic E-state index is -0.351. The number of hydrogen-bond acceptors (Lipinski definition) is 2. The topological polar surface area (TPSA) is 55.1 Å². The minimum Gasteiger partial charge on any atom is -0.352 e. The lowest BCUT2D eigenvalue weighted by atomic mass is 10.0. The molecule has 0 saturated carbocycles. The van der Waals surface area contributed by atoms with Crippen molar-refractivity contribution in [3.8, 4) is 0 Å². The number of carbonyl (C=O) groups is 1. The van der Waals surface area contributed by atoms with E-state index in [9.17, 15) is 4.79 Å². The van der Waals surface area contributed by atoms with Crippen LogP contribution in [0.5, 0.6) is 0 Å². The van der Waals surface area contributed by atoms with Crippen LogP contribution in [0.1, 0.15) is 47.0 Å². The van der Waals surface area contributed by atoms with Gasteiger partial charge in [0.2, 0.25) is 5.91 Å². The predicted octanol–water partition coefficient (Wildman–Crippen LogP) is 2.09. The number of halogens is 1. The first-order chi connectivity index (χ1) is 6.51. The van der Waals surface area contributed by atoms with Gasteiger partial charge in [-0.05, 0) is 25.2 Å². The van der Waals surface area contributed by atoms with Crippen molar-refractivity contribution >= 4 is 18.3 Å². The molecule has 0 saturated heterocycles. The molecule has 1 amide bonds. The average Bonchev–Trinajstić information content (AvgIpc) is 2.12. The van der Waals surface area contributed by atoms with Gasteiger partial charge in [-0.15, -0.1) is 12.4 Å². The van der Waals surface area contributed by atoms with Crippen molar-refractivity contribution in [2.45, 2.75) is 59.0 Å². The number of hydrogen-bond donors (Lipinski definition) is 2. The molecule has 0 spiro atoms. The van der Waals surface area contributed by atoms with Gasteiger partial charge in [-0.1, -0.05) is 27.7 Å². The monoisotopic (exact) mass is 236 g/mol. The first-order valence-corrected chi connectivity index (χ1v) is 5.57. The first-order valence-electron chi connectivity index (χ1n) is 5.57. The molecule has 0 radical (unpaired) electrons. The summed E-state index contributed by atoms with van der Waals surface area (Å²) in [5.41, 5.74) is 5.76. The van der Waals surface area contributed by atoms with Crippen molar-refractivity contribution in [3.63, 3.8) is 0 Å². The maximum atomic E-state index is 11.6. The van der Waals surface area contributed by atoms with Gasteiger partial charge in [-0.2, -0.15) is 0 Å². The number of amides is 1. The summed E-state index contributed by atoms with van der Waals surface area (Å²) in [5.74, 6) is 0.463. The van der Waals surface area contributed by atoms with Crippen LogP contribution in [0.25, 0.3) is 0 Å². The zero-order valence-corrected chi connectivity index (χ0v) is 11.1. The highest BCUT2D eigenvalue weighted by atomic mass is 35.5. The van der Waals surface area contributed by atoms with Gasteiger partial charge in [0.1, 0.15) is 0 Å². The van der Waals surface area contributed by atoms with Crippen molar-refractivity contribution in [1.29, 1.82) is 0 Å². The van der Waals surface area contributed by atoms with Gasteiger partial charge in [0.25, 0.3) is 0 Å². The molecule has 15 heavy (non-hydrogen) atoms. The first kappa shape index (κ1) is 17.1. The maximum absolute atomic E-state index is 11.6. The lowest BCUT2D eigenvalue weighted by Crippen LogP contribution is -2.45. The average molecular weight is 237 g/mol. The van der Waals surface area contributed by atoms with E-state index in [0.29, 0.717) is 5.92 Å². The molecule has 1 atom stereocenters. The lowest BCUT2D eigenvalue weighted by molar-refractivity contribution is -0.123. The molecular weight excluding hydrogens is 212 g/mol. The fourth-order valence-corrected chi connectivity index (χ4v) is 1.42. The molecule has 0 aliphatic rings. The van der Waals surface area contributed by atoms with Crippen molar-refractivity contribution < 1.29 is 4.79 Å². The van der Waals surface area contributed by atoms with Crippen LogP contribution < -0.4 is 11.1 Å². The number of nitrogens with one attached hydrogen (secondary N) is 1. The molecule has 0 aliphatic carbocycles. The highest BCUT2D eigenvalue weighted by Crippen LogP contribution is 2.04. The quantitative estimate of drug-likeness (QED) is 0.742. The summed E-state index contributed by atoms with van der Waals surface area (Å²) in [4.78, 5) is 11.6. The third-order valence-electron chi connectivity index (χ3n) is 2.39. The SMILES string of the molecule is CCC(CC)NC(=O)[C@@H](N)CC(C)C.Cl. The summed E-state index contributed by atoms with van der Waals surface area (Å²) < 4.78 is 0. The Morgan fingerprint density at radius 2 is 1.73 bits per heavy atom. The van der Waals surface area contributed by atoms with Crippen molar-refractivity contribution in [2.75, 3.05) is 0 Å². The zero-order chi connectivity index (χ0) is 11.1. The molecular formula is C11H25ClN2O. The third-order valence-corrected chi connectivity index (χ3v) is 2.39. The normalized spacial score (nSPS) is 12.5. The second-order valence-electron chi connectivity index (χ2n) is 4.26. The Balaban J connectivity index is 0. The van der Waals surface area contributed by atoms with E-state index in [1.54, 1.807) is 0 Å². The van der Waals surface area contributed by atoms with Crippen LogP contribution >= 0.6 is 12.4 Å². The molecule has 0 fully saturated rings. The van der Waals surface area contributed by atoms with E-state index in [4.69, 9.17) is 5.73 Å². The standard InChI is InChI=1S/C11H24N2O.ClH/c1-5-9(6-2)13-11(14)10(12)7-8(3)4;/h8-10H,5-7,12H2,1-4H3,(H,13,14);1H/t10-;/m0./s1. The van der Waals surface area contributed by atoms with E-state index in [2.05, 4.69) is 33.0 Å². The van der Waals surface area contributed by atoms with Gasteiger partial charge in [0, 0.05) is 6.04 Å².